The van der Waals surface area contributed by atoms with E-state index in [4.69, 9.17) is 9.47 Å². The number of fused-ring (bicyclic) bond motifs is 1. The van der Waals surface area contributed by atoms with Crippen LogP contribution in [0.4, 0.5) is 16.5 Å². The third kappa shape index (κ3) is 4.20. The monoisotopic (exact) mass is 414 g/mol. The van der Waals surface area contributed by atoms with Gasteiger partial charge >= 0.3 is 0 Å². The summed E-state index contributed by atoms with van der Waals surface area (Å²) in [7, 11) is 0. The molecule has 2 aromatic carbocycles. The summed E-state index contributed by atoms with van der Waals surface area (Å²) >= 11 is 2.79. The highest BCUT2D eigenvalue weighted by atomic mass is 32.2. The lowest BCUT2D eigenvalue weighted by atomic mass is 10.2. The number of rotatable bonds is 6. The van der Waals surface area contributed by atoms with Crippen molar-refractivity contribution in [2.75, 3.05) is 17.4 Å². The fourth-order valence-corrected chi connectivity index (χ4v) is 4.47. The van der Waals surface area contributed by atoms with Gasteiger partial charge in [-0.1, -0.05) is 41.3 Å². The summed E-state index contributed by atoms with van der Waals surface area (Å²) in [6.07, 6.45) is 0. The molecule has 0 radical (unpaired) electrons. The number of benzene rings is 2. The number of amides is 1. The minimum Gasteiger partial charge on any atom is -0.454 e. The van der Waals surface area contributed by atoms with Crippen molar-refractivity contribution in [2.45, 2.75) is 23.4 Å². The molecule has 1 aliphatic heterocycles. The highest BCUT2D eigenvalue weighted by Gasteiger charge is 2.19. The predicted octanol–water partition coefficient (Wildman–Crippen LogP) is 4.44. The molecule has 0 saturated carbocycles. The molecule has 0 fully saturated rings. The van der Waals surface area contributed by atoms with Crippen LogP contribution in [0.25, 0.3) is 0 Å². The van der Waals surface area contributed by atoms with Crippen LogP contribution in [0.3, 0.4) is 0 Å². The van der Waals surface area contributed by atoms with E-state index in [1.165, 1.54) is 23.1 Å². The van der Waals surface area contributed by atoms with Crippen LogP contribution >= 0.6 is 23.1 Å². The van der Waals surface area contributed by atoms with Crippen LogP contribution in [-0.2, 0) is 4.79 Å². The van der Waals surface area contributed by atoms with Crippen molar-refractivity contribution in [1.82, 2.24) is 10.2 Å². The van der Waals surface area contributed by atoms with Crippen molar-refractivity contribution in [1.29, 1.82) is 0 Å². The van der Waals surface area contributed by atoms with E-state index in [1.807, 2.05) is 38.1 Å². The molecular formula is C19H18N4O3S2. The second-order valence-electron chi connectivity index (χ2n) is 6.13. The Balaban J connectivity index is 1.35. The summed E-state index contributed by atoms with van der Waals surface area (Å²) in [6.45, 7) is 4.07. The SMILES string of the molecule is Cc1ccccc1Nc1nnc(S[C@@H](C)C(=O)Nc2ccc3c(c2)OCO3)s1. The second kappa shape index (κ2) is 8.07. The van der Waals surface area contributed by atoms with Crippen molar-refractivity contribution in [2.24, 2.45) is 0 Å². The molecule has 0 aliphatic carbocycles. The lowest BCUT2D eigenvalue weighted by molar-refractivity contribution is -0.115. The van der Waals surface area contributed by atoms with Gasteiger partial charge in [0.2, 0.25) is 17.8 Å². The Hall–Kier alpha value is -2.78. The zero-order chi connectivity index (χ0) is 19.5. The quantitative estimate of drug-likeness (QED) is 0.577. The third-order valence-electron chi connectivity index (χ3n) is 4.08. The highest BCUT2D eigenvalue weighted by molar-refractivity contribution is 8.02. The summed E-state index contributed by atoms with van der Waals surface area (Å²) in [6, 6.07) is 13.3. The number of aromatic nitrogens is 2. The Bertz CT molecular complexity index is 1010. The van der Waals surface area contributed by atoms with E-state index in [0.717, 1.165) is 15.6 Å². The van der Waals surface area contributed by atoms with E-state index in [1.54, 1.807) is 18.2 Å². The highest BCUT2D eigenvalue weighted by Crippen LogP contribution is 2.35. The maximum Gasteiger partial charge on any atom is 0.237 e. The number of nitrogens with one attached hydrogen (secondary N) is 2. The number of nitrogens with zero attached hydrogens (tertiary/aromatic N) is 2. The number of carbonyl (C=O) groups excluding carboxylic acids is 1. The van der Waals surface area contributed by atoms with Gasteiger partial charge in [0.1, 0.15) is 0 Å². The molecule has 0 unspecified atom stereocenters. The first-order chi connectivity index (χ1) is 13.6. The summed E-state index contributed by atoms with van der Waals surface area (Å²) in [5.41, 5.74) is 2.79. The molecule has 4 rings (SSSR count). The van der Waals surface area contributed by atoms with Crippen molar-refractivity contribution in [3.8, 4) is 11.5 Å². The molecule has 28 heavy (non-hydrogen) atoms. The smallest absolute Gasteiger partial charge is 0.237 e. The predicted molar refractivity (Wildman–Crippen MR) is 111 cm³/mol. The Kier molecular flexibility index (Phi) is 5.36. The van der Waals surface area contributed by atoms with Crippen molar-refractivity contribution < 1.29 is 14.3 Å². The molecule has 9 heteroatoms. The van der Waals surface area contributed by atoms with Crippen LogP contribution in [0.15, 0.2) is 46.8 Å². The zero-order valence-corrected chi connectivity index (χ0v) is 16.9. The van der Waals surface area contributed by atoms with Crippen molar-refractivity contribution >= 4 is 45.5 Å². The third-order valence-corrected chi connectivity index (χ3v) is 6.10. The minimum absolute atomic E-state index is 0.118. The molecule has 1 aromatic heterocycles. The molecule has 1 aliphatic rings. The Labute approximate surface area is 170 Å². The lowest BCUT2D eigenvalue weighted by Gasteiger charge is -2.10. The van der Waals surface area contributed by atoms with E-state index in [9.17, 15) is 4.79 Å². The van der Waals surface area contributed by atoms with E-state index < -0.39 is 0 Å². The Morgan fingerprint density at radius 1 is 1.18 bits per heavy atom. The largest absolute Gasteiger partial charge is 0.454 e. The molecule has 1 atom stereocenters. The molecule has 2 N–H and O–H groups in total. The van der Waals surface area contributed by atoms with Crippen molar-refractivity contribution in [3.63, 3.8) is 0 Å². The topological polar surface area (TPSA) is 85.4 Å². The van der Waals surface area contributed by atoms with Crippen molar-refractivity contribution in [3.05, 3.63) is 48.0 Å². The number of anilines is 3. The molecule has 7 nitrogen and oxygen atoms in total. The van der Waals surface area contributed by atoms with E-state index in [2.05, 4.69) is 20.8 Å². The van der Waals surface area contributed by atoms with Crippen LogP contribution in [0.5, 0.6) is 11.5 Å². The number of hydrogen-bond donors (Lipinski definition) is 2. The van der Waals surface area contributed by atoms with Crippen LogP contribution in [0, 0.1) is 6.92 Å². The fourth-order valence-electron chi connectivity index (χ4n) is 2.56. The van der Waals surface area contributed by atoms with Crippen LogP contribution in [0.1, 0.15) is 12.5 Å². The molecule has 0 saturated heterocycles. The van der Waals surface area contributed by atoms with Gasteiger partial charge in [0.15, 0.2) is 15.8 Å². The molecule has 2 heterocycles. The normalized spacial score (nSPS) is 13.2. The number of carbonyl (C=O) groups is 1. The first-order valence-electron chi connectivity index (χ1n) is 8.62. The molecule has 1 amide bonds. The number of para-hydroxylation sites is 1. The summed E-state index contributed by atoms with van der Waals surface area (Å²) < 4.78 is 11.3. The summed E-state index contributed by atoms with van der Waals surface area (Å²) in [5.74, 6) is 1.20. The molecule has 0 spiro atoms. The van der Waals surface area contributed by atoms with Gasteiger partial charge in [-0.05, 0) is 37.6 Å². The average molecular weight is 415 g/mol. The Morgan fingerprint density at radius 3 is 2.86 bits per heavy atom. The molecular weight excluding hydrogens is 396 g/mol. The van der Waals surface area contributed by atoms with Crippen LogP contribution in [0.2, 0.25) is 0 Å². The number of aryl methyl sites for hydroxylation is 1. The van der Waals surface area contributed by atoms with E-state index in [0.29, 0.717) is 22.3 Å². The number of hydrogen-bond acceptors (Lipinski definition) is 8. The summed E-state index contributed by atoms with van der Waals surface area (Å²) in [5, 5.41) is 14.9. The van der Waals surface area contributed by atoms with E-state index >= 15 is 0 Å². The standard InChI is InChI=1S/C19H18N4O3S2/c1-11-5-3-4-6-14(11)21-18-22-23-19(28-18)27-12(2)17(24)20-13-7-8-15-16(9-13)26-10-25-15/h3-9,12H,10H2,1-2H3,(H,20,24)(H,21,22)/t12-/m0/s1. The van der Waals surface area contributed by atoms with Crippen LogP contribution < -0.4 is 20.1 Å². The zero-order valence-electron chi connectivity index (χ0n) is 15.3. The van der Waals surface area contributed by atoms with Gasteiger partial charge < -0.3 is 20.1 Å². The van der Waals surface area contributed by atoms with E-state index in [-0.39, 0.29) is 18.0 Å². The molecule has 3 aromatic rings. The maximum atomic E-state index is 12.5. The van der Waals surface area contributed by atoms with Gasteiger partial charge in [-0.2, -0.15) is 0 Å². The number of thioether (sulfide) groups is 1. The number of ether oxygens (including phenoxy) is 2. The van der Waals surface area contributed by atoms with Gasteiger partial charge in [-0.3, -0.25) is 4.79 Å². The Morgan fingerprint density at radius 2 is 2.00 bits per heavy atom. The second-order valence-corrected chi connectivity index (χ2v) is 8.70. The van der Waals surface area contributed by atoms with Crippen LogP contribution in [-0.4, -0.2) is 28.1 Å². The van der Waals surface area contributed by atoms with Gasteiger partial charge in [0, 0.05) is 17.4 Å². The van der Waals surface area contributed by atoms with Gasteiger partial charge in [-0.25, -0.2) is 0 Å². The molecule has 0 bridgehead atoms. The molecule has 144 valence electrons. The lowest BCUT2D eigenvalue weighted by Crippen LogP contribution is -2.22. The van der Waals surface area contributed by atoms with Gasteiger partial charge in [0.05, 0.1) is 5.25 Å². The summed E-state index contributed by atoms with van der Waals surface area (Å²) in [4.78, 5) is 12.5. The first kappa shape index (κ1) is 18.6. The average Bonchev–Trinajstić information content (AvgIpc) is 3.32. The maximum absolute atomic E-state index is 12.5. The first-order valence-corrected chi connectivity index (χ1v) is 10.3. The van der Waals surface area contributed by atoms with Gasteiger partial charge in [-0.15, -0.1) is 10.2 Å². The van der Waals surface area contributed by atoms with Gasteiger partial charge in [0.25, 0.3) is 0 Å². The fraction of sp³-hybridized carbons (Fsp3) is 0.211. The minimum atomic E-state index is -0.329.